The fourth-order valence-electron chi connectivity index (χ4n) is 10.2. The minimum atomic E-state index is -1.88. The van der Waals surface area contributed by atoms with Crippen molar-refractivity contribution < 1.29 is 73.6 Å². The van der Waals surface area contributed by atoms with Crippen molar-refractivity contribution in [3.63, 3.8) is 0 Å². The average Bonchev–Trinajstić information content (AvgIpc) is 3.56. The third kappa shape index (κ3) is 12.5. The summed E-state index contributed by atoms with van der Waals surface area (Å²) < 4.78 is 18.3. The molecule has 10 rings (SSSR count). The van der Waals surface area contributed by atoms with Crippen molar-refractivity contribution in [3.05, 3.63) is 122 Å². The Labute approximate surface area is 474 Å². The van der Waals surface area contributed by atoms with E-state index in [0.29, 0.717) is 12.0 Å². The molecule has 5 aliphatic rings. The van der Waals surface area contributed by atoms with Crippen LogP contribution in [-0.2, 0) is 35.4 Å². The van der Waals surface area contributed by atoms with Gasteiger partial charge in [-0.05, 0) is 107 Å². The Bertz CT molecular complexity index is 3310. The highest BCUT2D eigenvalue weighted by Crippen LogP contribution is 2.48. The van der Waals surface area contributed by atoms with Crippen molar-refractivity contribution in [1.82, 2.24) is 21.3 Å². The van der Waals surface area contributed by atoms with Crippen LogP contribution in [-0.4, -0.2) is 96.6 Å². The first-order chi connectivity index (χ1) is 38.0. The van der Waals surface area contributed by atoms with Gasteiger partial charge >= 0.3 is 0 Å². The largest absolute Gasteiger partial charge is 0.507 e. The van der Waals surface area contributed by atoms with E-state index < -0.39 is 128 Å². The molecular formula is C57H59Cl2N5O15S. The highest BCUT2D eigenvalue weighted by Gasteiger charge is 2.40. The van der Waals surface area contributed by atoms with Gasteiger partial charge in [-0.1, -0.05) is 80.5 Å². The van der Waals surface area contributed by atoms with Crippen LogP contribution in [0, 0.1) is 17.8 Å². The number of nitrogens with two attached hydrogens (primary N) is 1. The second kappa shape index (κ2) is 24.6. The number of Topliss-reactive ketones (excluding diaryl/α,β-unsaturated/α-hetero) is 1. The van der Waals surface area contributed by atoms with Crippen LogP contribution in [0.5, 0.6) is 40.2 Å². The van der Waals surface area contributed by atoms with E-state index in [2.05, 4.69) is 21.3 Å². The van der Waals surface area contributed by atoms with Gasteiger partial charge in [0.15, 0.2) is 17.3 Å². The molecule has 20 nitrogen and oxygen atoms in total. The smallest absolute Gasteiger partial charge is 0.246 e. The second-order valence-corrected chi connectivity index (χ2v) is 21.8. The summed E-state index contributed by atoms with van der Waals surface area (Å²) in [6.07, 6.45) is -5.26. The lowest BCUT2D eigenvalue weighted by molar-refractivity contribution is -0.136. The number of carbonyl (C=O) groups is 6. The number of fused-ring (bicyclic) bond motifs is 15. The number of aliphatic hydroxyl groups excluding tert-OH is 4. The molecule has 5 aliphatic heterocycles. The van der Waals surface area contributed by atoms with Gasteiger partial charge in [0.25, 0.3) is 0 Å². The van der Waals surface area contributed by atoms with Gasteiger partial charge in [-0.25, -0.2) is 0 Å². The van der Waals surface area contributed by atoms with Crippen LogP contribution >= 0.6 is 35.4 Å². The van der Waals surface area contributed by atoms with E-state index >= 15 is 9.59 Å². The third-order valence-corrected chi connectivity index (χ3v) is 15.3. The summed E-state index contributed by atoms with van der Waals surface area (Å²) in [5.74, 6) is -10.9. The summed E-state index contributed by atoms with van der Waals surface area (Å²) in [7, 11) is 1.33. The maximum absolute atomic E-state index is 15.2. The summed E-state index contributed by atoms with van der Waals surface area (Å²) >= 11 is 19.9. The monoisotopic (exact) mass is 1160 g/mol. The predicted molar refractivity (Wildman–Crippen MR) is 295 cm³/mol. The third-order valence-electron chi connectivity index (χ3n) is 14.3. The molecule has 0 aliphatic carbocycles. The van der Waals surface area contributed by atoms with Gasteiger partial charge in [0.05, 0.1) is 54.3 Å². The number of hydrogen-bond acceptors (Lipinski definition) is 16. The molecule has 9 atom stereocenters. The van der Waals surface area contributed by atoms with E-state index in [9.17, 15) is 49.8 Å². The molecule has 5 aromatic rings. The Morgan fingerprint density at radius 2 is 1.40 bits per heavy atom. The minimum Gasteiger partial charge on any atom is -0.507 e. The molecule has 0 saturated carbocycles. The zero-order chi connectivity index (χ0) is 58.0. The number of benzene rings is 5. The zero-order valence-corrected chi connectivity index (χ0v) is 45.9. The number of ketones is 1. The summed E-state index contributed by atoms with van der Waals surface area (Å²) in [6, 6.07) is 11.1. The Morgan fingerprint density at radius 1 is 0.775 bits per heavy atom. The van der Waals surface area contributed by atoms with Crippen molar-refractivity contribution in [2.24, 2.45) is 23.5 Å². The number of ether oxygens (including phenoxy) is 3. The van der Waals surface area contributed by atoms with Crippen LogP contribution in [0.4, 0.5) is 0 Å². The zero-order valence-electron chi connectivity index (χ0n) is 43.6. The standard InChI is InChI=1S/C57H59Cl2N5O15S/c1-24(2)11-25(3)54(73)63-49-39(68)17-31(20-46(60)69)55(74)62-48-30-18-43(78-40-9-6-28(51(49)70)15-35(40)58)53(72)44(19-30)79-41-10-7-29(16-36(41)59)52(71)50-57(76)61-37(23-66)33-12-26(22-65)13-42(77-4)47(33)34-14-27(5-8-38(34)67)32(21-45(48)80)56(75)64-50/h5-10,12-16,18-19,24-25,31-32,37,48-52,65-67,70-72H,11,17,20-23H2,1-4H3,(H2,60,69)(H,61,76)(H,62,74)(H,63,73)(H,64,75)/t25-,31+,32+,37-,48-,49+,50+,51-,52-/m1/s1. The number of halogens is 2. The number of amides is 5. The second-order valence-electron chi connectivity index (χ2n) is 20.5. The molecule has 12 N–H and O–H groups in total. The topological polar surface area (TPSA) is 326 Å². The molecule has 0 saturated heterocycles. The number of phenols is 2. The number of methoxy groups -OCH3 is 1. The number of rotatable bonds is 9. The van der Waals surface area contributed by atoms with Crippen molar-refractivity contribution in [1.29, 1.82) is 0 Å². The number of thiocarbonyl (C=S) groups is 1. The molecule has 23 heteroatoms. The van der Waals surface area contributed by atoms with Gasteiger partial charge in [-0.3, -0.25) is 28.8 Å². The van der Waals surface area contributed by atoms with Gasteiger partial charge in [0, 0.05) is 34.8 Å². The van der Waals surface area contributed by atoms with Crippen LogP contribution in [0.3, 0.4) is 0 Å². The van der Waals surface area contributed by atoms with Gasteiger partial charge in [-0.2, -0.15) is 0 Å². The summed E-state index contributed by atoms with van der Waals surface area (Å²) in [6.45, 7) is 4.20. The summed E-state index contributed by atoms with van der Waals surface area (Å²) in [5.41, 5.74) is 6.56. The van der Waals surface area contributed by atoms with Crippen molar-refractivity contribution in [2.45, 2.75) is 95.4 Å². The van der Waals surface area contributed by atoms with E-state index in [4.69, 9.17) is 55.4 Å². The van der Waals surface area contributed by atoms with E-state index in [1.54, 1.807) is 6.92 Å². The van der Waals surface area contributed by atoms with E-state index in [1.807, 2.05) is 13.8 Å². The first-order valence-electron chi connectivity index (χ1n) is 25.5. The number of nitrogens with one attached hydrogen (secondary N) is 4. The van der Waals surface area contributed by atoms with E-state index in [1.165, 1.54) is 86.0 Å². The molecule has 80 heavy (non-hydrogen) atoms. The van der Waals surface area contributed by atoms with Gasteiger partial charge in [0.2, 0.25) is 35.3 Å². The van der Waals surface area contributed by atoms with Gasteiger partial charge in [0.1, 0.15) is 47.3 Å². The Kier molecular flexibility index (Phi) is 18.0. The first kappa shape index (κ1) is 58.8. The van der Waals surface area contributed by atoms with Crippen molar-refractivity contribution in [2.75, 3.05) is 13.7 Å². The number of aliphatic hydroxyl groups is 4. The van der Waals surface area contributed by atoms with E-state index in [0.717, 1.165) is 0 Å². The number of phenolic OH excluding ortho intramolecular Hbond substituents is 2. The molecule has 0 spiro atoms. The Hall–Kier alpha value is -7.37. The van der Waals surface area contributed by atoms with Crippen LogP contribution in [0.1, 0.15) is 110 Å². The maximum atomic E-state index is 15.2. The first-order valence-corrected chi connectivity index (χ1v) is 26.7. The molecule has 0 fully saturated rings. The fraction of sp³-hybridized carbons (Fsp3) is 0.351. The van der Waals surface area contributed by atoms with Crippen LogP contribution in [0.25, 0.3) is 11.1 Å². The molecule has 5 heterocycles. The predicted octanol–water partition coefficient (Wildman–Crippen LogP) is 6.22. The quantitative estimate of drug-likeness (QED) is 0.0730. The van der Waals surface area contributed by atoms with E-state index in [-0.39, 0.29) is 94.3 Å². The van der Waals surface area contributed by atoms with Crippen LogP contribution in [0.15, 0.2) is 78.9 Å². The number of aromatic hydroxyl groups is 2. The molecule has 5 amide bonds. The van der Waals surface area contributed by atoms with Gasteiger partial charge in [-0.15, -0.1) is 0 Å². The summed E-state index contributed by atoms with van der Waals surface area (Å²) in [4.78, 5) is 85.9. The van der Waals surface area contributed by atoms with Crippen LogP contribution in [0.2, 0.25) is 10.0 Å². The maximum Gasteiger partial charge on any atom is 0.246 e. The summed E-state index contributed by atoms with van der Waals surface area (Å²) in [5, 5.41) is 79.5. The Morgan fingerprint density at radius 3 is 1.98 bits per heavy atom. The molecule has 11 bridgehead atoms. The highest BCUT2D eigenvalue weighted by molar-refractivity contribution is 7.80. The molecule has 5 aromatic carbocycles. The molecular weight excluding hydrogens is 1100 g/mol. The molecule has 422 valence electrons. The fourth-order valence-corrected chi connectivity index (χ4v) is 11.0. The van der Waals surface area contributed by atoms with Crippen molar-refractivity contribution in [3.8, 4) is 51.4 Å². The Balaban J connectivity index is 1.37. The average molecular weight is 1160 g/mol. The lowest BCUT2D eigenvalue weighted by Gasteiger charge is -2.32. The van der Waals surface area contributed by atoms with Crippen LogP contribution < -0.4 is 41.2 Å². The lowest BCUT2D eigenvalue weighted by Crippen LogP contribution is -2.52. The van der Waals surface area contributed by atoms with Crippen molar-refractivity contribution >= 4 is 75.6 Å². The number of carbonyl (C=O) groups excluding carboxylic acids is 6. The number of hydrogen-bond donors (Lipinski definition) is 11. The SMILES string of the molecule is COc1cc(CO)cc2c1-c1cc(ccc1O)[C@@H]1CC(=S)[C@@H]3NC(=O)[C@H](CC(N)=O)CC(=O)[C@H](NC(=O)[C@H](C)CC(C)C)[C@H](O)c4ccc(c(Cl)c4)Oc4cc3cc(c4O)Oc3ccc(cc3Cl)[C@@H](O)[C@H](NC1=O)C(=O)N[C@@H]2CO. The van der Waals surface area contributed by atoms with Gasteiger partial charge < -0.3 is 71.9 Å². The molecule has 0 aromatic heterocycles. The highest BCUT2D eigenvalue weighted by atomic mass is 35.5. The normalized spacial score (nSPS) is 22.7. The lowest BCUT2D eigenvalue weighted by atomic mass is 9.84. The molecule has 0 radical (unpaired) electrons. The minimum absolute atomic E-state index is 0.00863. The number of primary amides is 1. The molecule has 0 unspecified atom stereocenters.